The molecular formula is C26H25NO3. The normalized spacial score (nSPS) is 22.8. The quantitative estimate of drug-likeness (QED) is 0.536. The summed E-state index contributed by atoms with van der Waals surface area (Å²) in [5.74, 6) is 0.178. The number of fused-ring (bicyclic) bond motifs is 3. The number of hydrogen-bond acceptors (Lipinski definition) is 3. The molecule has 4 heteroatoms. The summed E-state index contributed by atoms with van der Waals surface area (Å²) in [5, 5.41) is 2.23. The van der Waals surface area contributed by atoms with Gasteiger partial charge in [-0.15, -0.1) is 0 Å². The molecule has 2 saturated heterocycles. The Bertz CT molecular complexity index is 1060. The van der Waals surface area contributed by atoms with E-state index in [1.54, 1.807) is 0 Å². The number of carbonyl (C=O) groups is 2. The molecule has 30 heavy (non-hydrogen) atoms. The Kier molecular flexibility index (Phi) is 4.99. The first kappa shape index (κ1) is 18.9. The molecule has 0 N–H and O–H groups in total. The van der Waals surface area contributed by atoms with Crippen LogP contribution in [0.5, 0.6) is 0 Å². The van der Waals surface area contributed by atoms with Crippen LogP contribution in [0.1, 0.15) is 41.6 Å². The summed E-state index contributed by atoms with van der Waals surface area (Å²) in [7, 11) is 0. The minimum absolute atomic E-state index is 0.0261. The van der Waals surface area contributed by atoms with Crippen LogP contribution in [0.2, 0.25) is 0 Å². The number of ether oxygens (including phenoxy) is 1. The van der Waals surface area contributed by atoms with E-state index in [1.807, 2.05) is 71.6 Å². The highest BCUT2D eigenvalue weighted by atomic mass is 16.6. The topological polar surface area (TPSA) is 46.6 Å². The smallest absolute Gasteiger partial charge is 0.410 e. The minimum atomic E-state index is -0.247. The fourth-order valence-corrected chi connectivity index (χ4v) is 5.06. The molecule has 2 bridgehead atoms. The lowest BCUT2D eigenvalue weighted by Gasteiger charge is -2.37. The minimum Gasteiger partial charge on any atom is -0.445 e. The Morgan fingerprint density at radius 2 is 1.50 bits per heavy atom. The monoisotopic (exact) mass is 399 g/mol. The molecule has 0 aliphatic carbocycles. The second-order valence-corrected chi connectivity index (χ2v) is 8.43. The van der Waals surface area contributed by atoms with E-state index >= 15 is 0 Å². The summed E-state index contributed by atoms with van der Waals surface area (Å²) in [6, 6.07) is 24.0. The van der Waals surface area contributed by atoms with Crippen molar-refractivity contribution < 1.29 is 14.3 Å². The van der Waals surface area contributed by atoms with E-state index in [9.17, 15) is 9.59 Å². The molecule has 0 saturated carbocycles. The van der Waals surface area contributed by atoms with Crippen molar-refractivity contribution in [3.8, 4) is 0 Å². The van der Waals surface area contributed by atoms with Crippen LogP contribution in [0, 0.1) is 5.92 Å². The molecule has 3 aromatic carbocycles. The van der Waals surface area contributed by atoms with Gasteiger partial charge in [0.1, 0.15) is 6.61 Å². The number of ketones is 1. The van der Waals surface area contributed by atoms with Crippen molar-refractivity contribution in [2.75, 3.05) is 0 Å². The van der Waals surface area contributed by atoms with Gasteiger partial charge in [-0.25, -0.2) is 4.79 Å². The lowest BCUT2D eigenvalue weighted by molar-refractivity contribution is 0.0485. The highest BCUT2D eigenvalue weighted by Crippen LogP contribution is 2.40. The second kappa shape index (κ2) is 7.94. The summed E-state index contributed by atoms with van der Waals surface area (Å²) in [5.41, 5.74) is 1.76. The van der Waals surface area contributed by atoms with Gasteiger partial charge in [-0.1, -0.05) is 66.7 Å². The van der Waals surface area contributed by atoms with Crippen LogP contribution in [-0.2, 0) is 11.3 Å². The number of hydrogen-bond donors (Lipinski definition) is 0. The molecule has 2 heterocycles. The van der Waals surface area contributed by atoms with E-state index < -0.39 is 0 Å². The van der Waals surface area contributed by atoms with Gasteiger partial charge in [-0.05, 0) is 48.1 Å². The number of Topliss-reactive ketones (excluding diaryl/α,β-unsaturated/α-hetero) is 1. The Balaban J connectivity index is 1.26. The van der Waals surface area contributed by atoms with E-state index in [0.29, 0.717) is 0 Å². The van der Waals surface area contributed by atoms with Crippen molar-refractivity contribution in [1.82, 2.24) is 4.90 Å². The average molecular weight is 399 g/mol. The molecule has 3 aromatic rings. The van der Waals surface area contributed by atoms with Crippen LogP contribution >= 0.6 is 0 Å². The Hall–Kier alpha value is -3.14. The van der Waals surface area contributed by atoms with E-state index in [0.717, 1.165) is 47.6 Å². The van der Waals surface area contributed by atoms with Crippen molar-refractivity contribution in [3.05, 3.63) is 83.9 Å². The molecule has 2 aliphatic rings. The number of piperidine rings is 1. The zero-order chi connectivity index (χ0) is 20.5. The Labute approximate surface area is 176 Å². The Morgan fingerprint density at radius 3 is 2.23 bits per heavy atom. The van der Waals surface area contributed by atoms with Crippen molar-refractivity contribution >= 4 is 22.6 Å². The average Bonchev–Trinajstić information content (AvgIpc) is 3.06. The predicted octanol–water partition coefficient (Wildman–Crippen LogP) is 5.60. The van der Waals surface area contributed by atoms with Gasteiger partial charge in [-0.3, -0.25) is 4.79 Å². The fraction of sp³-hybridized carbons (Fsp3) is 0.308. The van der Waals surface area contributed by atoms with Crippen LogP contribution in [0.4, 0.5) is 4.79 Å². The summed E-state index contributed by atoms with van der Waals surface area (Å²) in [4.78, 5) is 27.9. The van der Waals surface area contributed by atoms with Crippen LogP contribution in [0.3, 0.4) is 0 Å². The van der Waals surface area contributed by atoms with E-state index in [1.165, 1.54) is 0 Å². The zero-order valence-electron chi connectivity index (χ0n) is 16.9. The first-order chi connectivity index (χ1) is 14.7. The van der Waals surface area contributed by atoms with Gasteiger partial charge < -0.3 is 9.64 Å². The predicted molar refractivity (Wildman–Crippen MR) is 116 cm³/mol. The van der Waals surface area contributed by atoms with Gasteiger partial charge >= 0.3 is 6.09 Å². The maximum Gasteiger partial charge on any atom is 0.410 e. The number of benzene rings is 3. The van der Waals surface area contributed by atoms with E-state index in [4.69, 9.17) is 4.74 Å². The van der Waals surface area contributed by atoms with Gasteiger partial charge in [0, 0.05) is 23.6 Å². The molecule has 1 amide bonds. The van der Waals surface area contributed by atoms with Crippen molar-refractivity contribution in [3.63, 3.8) is 0 Å². The molecule has 2 atom stereocenters. The largest absolute Gasteiger partial charge is 0.445 e. The third-order valence-electron chi connectivity index (χ3n) is 6.55. The van der Waals surface area contributed by atoms with Gasteiger partial charge in [0.25, 0.3) is 0 Å². The molecular weight excluding hydrogens is 374 g/mol. The molecule has 4 nitrogen and oxygen atoms in total. The highest BCUT2D eigenvalue weighted by molar-refractivity contribution is 6.01. The standard InChI is InChI=1S/C26H25NO3/c28-25(21-11-10-19-8-4-5-9-20(19)14-21)22-15-23-12-13-24(16-22)27(23)26(29)30-17-18-6-2-1-3-7-18/h1-11,14,22-24H,12-13,15-17H2. The maximum absolute atomic E-state index is 13.2. The third-order valence-corrected chi connectivity index (χ3v) is 6.55. The van der Waals surface area contributed by atoms with Gasteiger partial charge in [0.05, 0.1) is 0 Å². The lowest BCUT2D eigenvalue weighted by Crippen LogP contribution is -2.48. The number of nitrogens with zero attached hydrogens (tertiary/aromatic N) is 1. The van der Waals surface area contributed by atoms with Crippen LogP contribution in [0.15, 0.2) is 72.8 Å². The van der Waals surface area contributed by atoms with Crippen LogP contribution in [-0.4, -0.2) is 28.9 Å². The van der Waals surface area contributed by atoms with Gasteiger partial charge in [0.15, 0.2) is 5.78 Å². The van der Waals surface area contributed by atoms with Gasteiger partial charge in [0.2, 0.25) is 0 Å². The molecule has 0 spiro atoms. The molecule has 0 radical (unpaired) electrons. The first-order valence-electron chi connectivity index (χ1n) is 10.7. The van der Waals surface area contributed by atoms with Crippen molar-refractivity contribution in [1.29, 1.82) is 0 Å². The fourth-order valence-electron chi connectivity index (χ4n) is 5.06. The lowest BCUT2D eigenvalue weighted by atomic mass is 9.84. The number of rotatable bonds is 4. The number of amides is 1. The summed E-state index contributed by atoms with van der Waals surface area (Å²) < 4.78 is 5.58. The summed E-state index contributed by atoms with van der Waals surface area (Å²) in [6.45, 7) is 0.287. The van der Waals surface area contributed by atoms with Crippen LogP contribution in [0.25, 0.3) is 10.8 Å². The number of carbonyl (C=O) groups excluding carboxylic acids is 2. The van der Waals surface area contributed by atoms with Crippen molar-refractivity contribution in [2.24, 2.45) is 5.92 Å². The molecule has 0 aromatic heterocycles. The zero-order valence-corrected chi connectivity index (χ0v) is 16.9. The van der Waals surface area contributed by atoms with E-state index in [-0.39, 0.29) is 36.5 Å². The Morgan fingerprint density at radius 1 is 0.833 bits per heavy atom. The van der Waals surface area contributed by atoms with Gasteiger partial charge in [-0.2, -0.15) is 0 Å². The van der Waals surface area contributed by atoms with Crippen LogP contribution < -0.4 is 0 Å². The summed E-state index contributed by atoms with van der Waals surface area (Å²) >= 11 is 0. The third kappa shape index (κ3) is 3.58. The maximum atomic E-state index is 13.2. The molecule has 2 unspecified atom stereocenters. The molecule has 152 valence electrons. The SMILES string of the molecule is O=C(c1ccc2ccccc2c1)C1CC2CCC(C1)N2C(=O)OCc1ccccc1. The first-order valence-corrected chi connectivity index (χ1v) is 10.7. The molecule has 2 aliphatic heterocycles. The highest BCUT2D eigenvalue weighted by Gasteiger charge is 2.45. The second-order valence-electron chi connectivity index (χ2n) is 8.43. The molecule has 2 fully saturated rings. The molecule has 5 rings (SSSR count). The van der Waals surface area contributed by atoms with E-state index in [2.05, 4.69) is 6.07 Å². The summed E-state index contributed by atoms with van der Waals surface area (Å²) in [6.07, 6.45) is 3.10. The van der Waals surface area contributed by atoms with Crippen molar-refractivity contribution in [2.45, 2.75) is 44.4 Å².